The minimum absolute atomic E-state index is 0.0466. The molecule has 0 fully saturated rings. The Balaban J connectivity index is 1.96. The first-order valence-electron chi connectivity index (χ1n) is 8.29. The Morgan fingerprint density at radius 1 is 1.16 bits per heavy atom. The summed E-state index contributed by atoms with van der Waals surface area (Å²) in [6.07, 6.45) is 2.07. The molecule has 5 heteroatoms. The van der Waals surface area contributed by atoms with Crippen LogP contribution >= 0.6 is 0 Å². The molecule has 0 saturated carbocycles. The number of amides is 1. The van der Waals surface area contributed by atoms with E-state index in [1.807, 2.05) is 32.0 Å². The Hall–Kier alpha value is -2.87. The van der Waals surface area contributed by atoms with E-state index in [4.69, 9.17) is 9.68 Å². The highest BCUT2D eigenvalue weighted by molar-refractivity contribution is 5.98. The van der Waals surface area contributed by atoms with Crippen LogP contribution in [0.1, 0.15) is 46.5 Å². The van der Waals surface area contributed by atoms with E-state index in [0.29, 0.717) is 24.4 Å². The van der Waals surface area contributed by atoms with Crippen LogP contribution in [0.25, 0.3) is 0 Å². The summed E-state index contributed by atoms with van der Waals surface area (Å²) < 4.78 is 5.27. The second-order valence-electron chi connectivity index (χ2n) is 6.02. The topological polar surface area (TPSA) is 74.3 Å². The second-order valence-corrected chi connectivity index (χ2v) is 6.02. The molecular weight excluding hydrogens is 316 g/mol. The molecule has 1 amide bonds. The Morgan fingerprint density at radius 2 is 1.96 bits per heavy atom. The van der Waals surface area contributed by atoms with E-state index in [2.05, 4.69) is 0 Å². The van der Waals surface area contributed by atoms with Crippen LogP contribution in [0.3, 0.4) is 0 Å². The van der Waals surface area contributed by atoms with Crippen molar-refractivity contribution in [3.8, 4) is 6.07 Å². The van der Waals surface area contributed by atoms with Gasteiger partial charge in [0.1, 0.15) is 5.76 Å². The standard InChI is InChI=1S/C20H22N2O3/c1-15-6-7-17(13-16(15)2)19(23)8-9-20(24)22(11-4-10-21)14-18-5-3-12-25-18/h3,5-7,12-13H,4,8-9,11,14H2,1-2H3. The van der Waals surface area contributed by atoms with Gasteiger partial charge in [0.25, 0.3) is 0 Å². The lowest BCUT2D eigenvalue weighted by atomic mass is 10.0. The fraction of sp³-hybridized carbons (Fsp3) is 0.350. The van der Waals surface area contributed by atoms with Crippen molar-refractivity contribution >= 4 is 11.7 Å². The number of hydrogen-bond acceptors (Lipinski definition) is 4. The number of carbonyl (C=O) groups is 2. The number of nitrogens with zero attached hydrogens (tertiary/aromatic N) is 2. The predicted molar refractivity (Wildman–Crippen MR) is 93.8 cm³/mol. The Kier molecular flexibility index (Phi) is 6.53. The van der Waals surface area contributed by atoms with E-state index in [0.717, 1.165) is 11.1 Å². The predicted octanol–water partition coefficient (Wildman–Crippen LogP) is 3.80. The van der Waals surface area contributed by atoms with Gasteiger partial charge < -0.3 is 9.32 Å². The third-order valence-electron chi connectivity index (χ3n) is 4.17. The van der Waals surface area contributed by atoms with Crippen LogP contribution in [-0.2, 0) is 11.3 Å². The van der Waals surface area contributed by atoms with Crippen molar-refractivity contribution in [1.82, 2.24) is 4.90 Å². The third kappa shape index (κ3) is 5.32. The lowest BCUT2D eigenvalue weighted by Crippen LogP contribution is -2.31. The number of carbonyl (C=O) groups excluding carboxylic acids is 2. The smallest absolute Gasteiger partial charge is 0.223 e. The molecule has 25 heavy (non-hydrogen) atoms. The Labute approximate surface area is 147 Å². The van der Waals surface area contributed by atoms with Crippen molar-refractivity contribution in [3.63, 3.8) is 0 Å². The minimum atomic E-state index is -0.149. The van der Waals surface area contributed by atoms with Gasteiger partial charge in [0.2, 0.25) is 5.91 Å². The minimum Gasteiger partial charge on any atom is -0.467 e. The van der Waals surface area contributed by atoms with Gasteiger partial charge in [-0.1, -0.05) is 12.1 Å². The average molecular weight is 338 g/mol. The molecule has 0 bridgehead atoms. The zero-order valence-corrected chi connectivity index (χ0v) is 14.6. The summed E-state index contributed by atoms with van der Waals surface area (Å²) in [6.45, 7) is 4.60. The largest absolute Gasteiger partial charge is 0.467 e. The van der Waals surface area contributed by atoms with Gasteiger partial charge >= 0.3 is 0 Å². The summed E-state index contributed by atoms with van der Waals surface area (Å²) in [4.78, 5) is 26.3. The average Bonchev–Trinajstić information content (AvgIpc) is 3.11. The number of aryl methyl sites for hydroxylation is 2. The van der Waals surface area contributed by atoms with Crippen molar-refractivity contribution < 1.29 is 14.0 Å². The van der Waals surface area contributed by atoms with Gasteiger partial charge in [0.05, 0.1) is 25.3 Å². The van der Waals surface area contributed by atoms with Gasteiger partial charge in [-0.25, -0.2) is 0 Å². The maximum Gasteiger partial charge on any atom is 0.223 e. The molecule has 130 valence electrons. The molecule has 1 aromatic heterocycles. The number of rotatable bonds is 8. The molecule has 1 aromatic carbocycles. The third-order valence-corrected chi connectivity index (χ3v) is 4.17. The Bertz CT molecular complexity index is 773. The molecule has 0 saturated heterocycles. The lowest BCUT2D eigenvalue weighted by molar-refractivity contribution is -0.132. The molecule has 0 aliphatic carbocycles. The van der Waals surface area contributed by atoms with Crippen molar-refractivity contribution in [3.05, 3.63) is 59.0 Å². The summed E-state index contributed by atoms with van der Waals surface area (Å²) >= 11 is 0. The zero-order chi connectivity index (χ0) is 18.2. The first-order valence-corrected chi connectivity index (χ1v) is 8.29. The van der Waals surface area contributed by atoms with E-state index in [-0.39, 0.29) is 31.0 Å². The van der Waals surface area contributed by atoms with E-state index >= 15 is 0 Å². The fourth-order valence-electron chi connectivity index (χ4n) is 2.51. The SMILES string of the molecule is Cc1ccc(C(=O)CCC(=O)N(CCC#N)Cc2ccco2)cc1C. The van der Waals surface area contributed by atoms with E-state index in [1.54, 1.807) is 29.4 Å². The van der Waals surface area contributed by atoms with E-state index < -0.39 is 0 Å². The molecule has 0 aliphatic rings. The molecule has 0 N–H and O–H groups in total. The molecule has 0 atom stereocenters. The van der Waals surface area contributed by atoms with Crippen LogP contribution < -0.4 is 0 Å². The number of nitriles is 1. The summed E-state index contributed by atoms with van der Waals surface area (Å²) in [5.74, 6) is 0.463. The van der Waals surface area contributed by atoms with Crippen LogP contribution in [0.4, 0.5) is 0 Å². The maximum atomic E-state index is 12.5. The lowest BCUT2D eigenvalue weighted by Gasteiger charge is -2.20. The maximum absolute atomic E-state index is 12.5. The monoisotopic (exact) mass is 338 g/mol. The Morgan fingerprint density at radius 3 is 2.60 bits per heavy atom. The van der Waals surface area contributed by atoms with Crippen LogP contribution in [0, 0.1) is 25.2 Å². The van der Waals surface area contributed by atoms with Gasteiger partial charge in [-0.05, 0) is 43.2 Å². The second kappa shape index (κ2) is 8.84. The van der Waals surface area contributed by atoms with Crippen molar-refractivity contribution in [2.24, 2.45) is 0 Å². The van der Waals surface area contributed by atoms with Gasteiger partial charge in [-0.2, -0.15) is 5.26 Å². The summed E-state index contributed by atoms with van der Waals surface area (Å²) in [6, 6.07) is 11.2. The number of ketones is 1. The van der Waals surface area contributed by atoms with Crippen molar-refractivity contribution in [2.75, 3.05) is 6.54 Å². The van der Waals surface area contributed by atoms with Crippen LogP contribution in [-0.4, -0.2) is 23.1 Å². The summed E-state index contributed by atoms with van der Waals surface area (Å²) in [7, 11) is 0. The zero-order valence-electron chi connectivity index (χ0n) is 14.6. The first-order chi connectivity index (χ1) is 12.0. The normalized spacial score (nSPS) is 10.3. The van der Waals surface area contributed by atoms with E-state index in [1.165, 1.54) is 0 Å². The highest BCUT2D eigenvalue weighted by Crippen LogP contribution is 2.14. The highest BCUT2D eigenvalue weighted by atomic mass is 16.3. The summed E-state index contributed by atoms with van der Waals surface area (Å²) in [5, 5.41) is 8.77. The van der Waals surface area contributed by atoms with Gasteiger partial charge in [-0.3, -0.25) is 9.59 Å². The van der Waals surface area contributed by atoms with Gasteiger partial charge in [0, 0.05) is 24.9 Å². The molecule has 0 unspecified atom stereocenters. The van der Waals surface area contributed by atoms with Gasteiger partial charge in [0.15, 0.2) is 5.78 Å². The molecule has 1 heterocycles. The fourth-order valence-corrected chi connectivity index (χ4v) is 2.51. The molecule has 2 aromatic rings. The number of furan rings is 1. The number of Topliss-reactive ketones (excluding diaryl/α,β-unsaturated/α-hetero) is 1. The van der Waals surface area contributed by atoms with Crippen molar-refractivity contribution in [2.45, 2.75) is 39.7 Å². The molecule has 0 spiro atoms. The van der Waals surface area contributed by atoms with Gasteiger partial charge in [-0.15, -0.1) is 0 Å². The van der Waals surface area contributed by atoms with Crippen LogP contribution in [0.5, 0.6) is 0 Å². The van der Waals surface area contributed by atoms with Crippen LogP contribution in [0.15, 0.2) is 41.0 Å². The summed E-state index contributed by atoms with van der Waals surface area (Å²) in [5.41, 5.74) is 2.82. The van der Waals surface area contributed by atoms with Crippen molar-refractivity contribution in [1.29, 1.82) is 5.26 Å². The highest BCUT2D eigenvalue weighted by Gasteiger charge is 2.17. The molecule has 2 rings (SSSR count). The molecule has 0 radical (unpaired) electrons. The quantitative estimate of drug-likeness (QED) is 0.686. The van der Waals surface area contributed by atoms with E-state index in [9.17, 15) is 9.59 Å². The number of benzene rings is 1. The first kappa shape index (κ1) is 18.5. The molecular formula is C20H22N2O3. The molecule has 5 nitrogen and oxygen atoms in total. The molecule has 0 aliphatic heterocycles. The van der Waals surface area contributed by atoms with Crippen LogP contribution in [0.2, 0.25) is 0 Å². The number of hydrogen-bond donors (Lipinski definition) is 0.